The van der Waals surface area contributed by atoms with E-state index >= 15 is 0 Å². The van der Waals surface area contributed by atoms with Gasteiger partial charge >= 0.3 is 5.97 Å². The lowest BCUT2D eigenvalue weighted by molar-refractivity contribution is 0.0596. The molecular formula is C14H15NO5S. The van der Waals surface area contributed by atoms with E-state index < -0.39 is 28.0 Å². The van der Waals surface area contributed by atoms with Gasteiger partial charge in [-0.2, -0.15) is 4.31 Å². The number of ether oxygens (including phenoxy) is 1. The first-order chi connectivity index (χ1) is 9.91. The lowest BCUT2D eigenvalue weighted by Crippen LogP contribution is -2.31. The van der Waals surface area contributed by atoms with Gasteiger partial charge in [0.05, 0.1) is 29.6 Å². The third-order valence-corrected chi connectivity index (χ3v) is 5.27. The number of hydrogen-bond acceptors (Lipinski definition) is 5. The second-order valence-corrected chi connectivity index (χ2v) is 6.56. The van der Waals surface area contributed by atoms with Crippen molar-refractivity contribution in [1.82, 2.24) is 4.31 Å². The number of sulfonamides is 1. The lowest BCUT2D eigenvalue weighted by atomic mass is 10.1. The second kappa shape index (κ2) is 5.85. The van der Waals surface area contributed by atoms with E-state index in [1.807, 2.05) is 0 Å². The van der Waals surface area contributed by atoms with Gasteiger partial charge in [0.15, 0.2) is 0 Å². The van der Waals surface area contributed by atoms with Crippen LogP contribution < -0.4 is 0 Å². The number of terminal acetylenes is 1. The van der Waals surface area contributed by atoms with Crippen molar-refractivity contribution in [3.8, 4) is 12.3 Å². The number of carbonyl (C=O) groups excluding carboxylic acids is 1. The first kappa shape index (κ1) is 15.5. The van der Waals surface area contributed by atoms with Crippen molar-refractivity contribution < 1.29 is 23.1 Å². The maximum atomic E-state index is 12.6. The molecule has 1 aromatic carbocycles. The Hall–Kier alpha value is -1.88. The van der Waals surface area contributed by atoms with E-state index in [9.17, 15) is 18.3 Å². The highest BCUT2D eigenvalue weighted by Crippen LogP contribution is 2.26. The van der Waals surface area contributed by atoms with Gasteiger partial charge in [-0.05, 0) is 12.1 Å². The first-order valence-electron chi connectivity index (χ1n) is 6.23. The van der Waals surface area contributed by atoms with Crippen molar-refractivity contribution in [1.29, 1.82) is 0 Å². The van der Waals surface area contributed by atoms with Gasteiger partial charge in [-0.1, -0.05) is 18.1 Å². The van der Waals surface area contributed by atoms with E-state index in [-0.39, 0.29) is 23.5 Å². The van der Waals surface area contributed by atoms with Crippen molar-refractivity contribution in [3.05, 3.63) is 29.8 Å². The van der Waals surface area contributed by atoms with Crippen LogP contribution >= 0.6 is 0 Å². The minimum absolute atomic E-state index is 0.0233. The van der Waals surface area contributed by atoms with Crippen LogP contribution in [0.1, 0.15) is 10.4 Å². The summed E-state index contributed by atoms with van der Waals surface area (Å²) < 4.78 is 30.9. The molecule has 112 valence electrons. The number of carbonyl (C=O) groups is 1. The van der Waals surface area contributed by atoms with Crippen LogP contribution in [0.3, 0.4) is 0 Å². The van der Waals surface area contributed by atoms with Crippen molar-refractivity contribution >= 4 is 16.0 Å². The molecule has 0 unspecified atom stereocenters. The Bertz CT molecular complexity index is 692. The fourth-order valence-electron chi connectivity index (χ4n) is 2.22. The monoisotopic (exact) mass is 309 g/mol. The van der Waals surface area contributed by atoms with Crippen LogP contribution in [0.2, 0.25) is 0 Å². The van der Waals surface area contributed by atoms with Gasteiger partial charge in [-0.15, -0.1) is 6.42 Å². The molecule has 0 aromatic heterocycles. The molecule has 0 bridgehead atoms. The average molecular weight is 309 g/mol. The molecule has 1 N–H and O–H groups in total. The highest BCUT2D eigenvalue weighted by molar-refractivity contribution is 7.89. The minimum atomic E-state index is -3.92. The Morgan fingerprint density at radius 3 is 2.67 bits per heavy atom. The van der Waals surface area contributed by atoms with Gasteiger partial charge in [-0.25, -0.2) is 13.2 Å². The molecule has 1 heterocycles. The fourth-order valence-corrected chi connectivity index (χ4v) is 3.88. The predicted octanol–water partition coefficient (Wildman–Crippen LogP) is 0.0878. The van der Waals surface area contributed by atoms with Crippen LogP contribution in [0.25, 0.3) is 0 Å². The highest BCUT2D eigenvalue weighted by Gasteiger charge is 2.39. The fraction of sp³-hybridized carbons (Fsp3) is 0.357. The van der Waals surface area contributed by atoms with Gasteiger partial charge in [0.2, 0.25) is 10.0 Å². The zero-order valence-electron chi connectivity index (χ0n) is 11.4. The summed E-state index contributed by atoms with van der Waals surface area (Å²) in [7, 11) is -2.74. The molecule has 6 nitrogen and oxygen atoms in total. The van der Waals surface area contributed by atoms with E-state index in [1.54, 1.807) is 6.07 Å². The molecule has 2 rings (SSSR count). The molecule has 1 aliphatic rings. The number of esters is 1. The lowest BCUT2D eigenvalue weighted by Gasteiger charge is -2.17. The molecule has 1 fully saturated rings. The highest BCUT2D eigenvalue weighted by atomic mass is 32.2. The van der Waals surface area contributed by atoms with Crippen LogP contribution in [-0.4, -0.2) is 50.1 Å². The molecule has 1 aliphatic heterocycles. The quantitative estimate of drug-likeness (QED) is 0.632. The summed E-state index contributed by atoms with van der Waals surface area (Å²) in [4.78, 5) is 11.5. The molecule has 7 heteroatoms. The predicted molar refractivity (Wildman–Crippen MR) is 74.9 cm³/mol. The maximum Gasteiger partial charge on any atom is 0.339 e. The number of rotatable bonds is 3. The Kier molecular flexibility index (Phi) is 4.32. The number of aliphatic hydroxyl groups excluding tert-OH is 1. The van der Waals surface area contributed by atoms with Gasteiger partial charge in [0, 0.05) is 13.1 Å². The normalized spacial score (nSPS) is 22.7. The second-order valence-electron chi connectivity index (χ2n) is 4.65. The van der Waals surface area contributed by atoms with Gasteiger partial charge in [-0.3, -0.25) is 0 Å². The van der Waals surface area contributed by atoms with E-state index in [4.69, 9.17) is 6.42 Å². The standard InChI is InChI=1S/C14H15NO5S/c1-3-10-8-15(9-12(10)16)21(18,19)13-7-5-4-6-11(13)14(17)20-2/h1,4-7,10,12,16H,8-9H2,2H3/t10-,12-/m1/s1. The SMILES string of the molecule is C#C[C@@H]1CN(S(=O)(=O)c2ccccc2C(=O)OC)C[C@H]1O. The van der Waals surface area contributed by atoms with E-state index in [2.05, 4.69) is 10.7 Å². The molecule has 1 saturated heterocycles. The van der Waals surface area contributed by atoms with Gasteiger partial charge in [0.1, 0.15) is 0 Å². The van der Waals surface area contributed by atoms with Crippen molar-refractivity contribution in [2.75, 3.05) is 20.2 Å². The smallest absolute Gasteiger partial charge is 0.339 e. The largest absolute Gasteiger partial charge is 0.465 e. The molecular weight excluding hydrogens is 294 g/mol. The number of benzene rings is 1. The summed E-state index contributed by atoms with van der Waals surface area (Å²) in [5.74, 6) is 1.08. The molecule has 1 aromatic rings. The summed E-state index contributed by atoms with van der Waals surface area (Å²) in [5, 5.41) is 9.75. The van der Waals surface area contributed by atoms with Crippen LogP contribution in [-0.2, 0) is 14.8 Å². The number of aliphatic hydroxyl groups is 1. The maximum absolute atomic E-state index is 12.6. The number of hydrogen-bond donors (Lipinski definition) is 1. The number of nitrogens with zero attached hydrogens (tertiary/aromatic N) is 1. The van der Waals surface area contributed by atoms with Crippen LogP contribution in [0.15, 0.2) is 29.2 Å². The summed E-state index contributed by atoms with van der Waals surface area (Å²) in [5.41, 5.74) is -0.0429. The number of methoxy groups -OCH3 is 1. The summed E-state index contributed by atoms with van der Waals surface area (Å²) in [6, 6.07) is 5.78. The molecule has 2 atom stereocenters. The molecule has 0 radical (unpaired) electrons. The summed E-state index contributed by atoms with van der Waals surface area (Å²) >= 11 is 0. The van der Waals surface area contributed by atoms with Crippen LogP contribution in [0.4, 0.5) is 0 Å². The first-order valence-corrected chi connectivity index (χ1v) is 7.67. The molecule has 0 spiro atoms. The van der Waals surface area contributed by atoms with Crippen LogP contribution in [0.5, 0.6) is 0 Å². The van der Waals surface area contributed by atoms with Crippen molar-refractivity contribution in [2.24, 2.45) is 5.92 Å². The van der Waals surface area contributed by atoms with Crippen molar-refractivity contribution in [2.45, 2.75) is 11.0 Å². The molecule has 21 heavy (non-hydrogen) atoms. The Morgan fingerprint density at radius 1 is 1.43 bits per heavy atom. The molecule has 0 saturated carbocycles. The summed E-state index contributed by atoms with van der Waals surface area (Å²) in [6.45, 7) is -0.0672. The Labute approximate surface area is 123 Å². The average Bonchev–Trinajstić information content (AvgIpc) is 2.88. The van der Waals surface area contributed by atoms with Crippen LogP contribution in [0, 0.1) is 18.3 Å². The Balaban J connectivity index is 2.43. The third kappa shape index (κ3) is 2.78. The molecule has 0 amide bonds. The number of β-amino-alcohol motifs (C(OH)–C–C–N with tert-alkyl or cyclic N) is 1. The van der Waals surface area contributed by atoms with Crippen molar-refractivity contribution in [3.63, 3.8) is 0 Å². The third-order valence-electron chi connectivity index (χ3n) is 3.38. The van der Waals surface area contributed by atoms with Gasteiger partial charge < -0.3 is 9.84 Å². The van der Waals surface area contributed by atoms with E-state index in [0.29, 0.717) is 0 Å². The Morgan fingerprint density at radius 2 is 2.10 bits per heavy atom. The summed E-state index contributed by atoms with van der Waals surface area (Å²) in [6.07, 6.45) is 4.36. The van der Waals surface area contributed by atoms with Gasteiger partial charge in [0.25, 0.3) is 0 Å². The topological polar surface area (TPSA) is 83.9 Å². The zero-order valence-corrected chi connectivity index (χ0v) is 12.2. The molecule has 0 aliphatic carbocycles. The zero-order chi connectivity index (χ0) is 15.6. The van der Waals surface area contributed by atoms with E-state index in [0.717, 1.165) is 4.31 Å². The van der Waals surface area contributed by atoms with E-state index in [1.165, 1.54) is 25.3 Å². The minimum Gasteiger partial charge on any atom is -0.465 e.